The van der Waals surface area contributed by atoms with Gasteiger partial charge in [-0.3, -0.25) is 23.9 Å². The van der Waals surface area contributed by atoms with Crippen LogP contribution < -0.4 is 36.7 Å². The second kappa shape index (κ2) is 21.7. The number of H-pyrrole nitrogens is 1. The van der Waals surface area contributed by atoms with Gasteiger partial charge in [0.2, 0.25) is 17.2 Å². The highest BCUT2D eigenvalue weighted by atomic mass is 31.3. The number of rotatable bonds is 17. The molecular weight excluding hydrogens is 1030 g/mol. The molecule has 2 aliphatic heterocycles. The van der Waals surface area contributed by atoms with E-state index < -0.39 is 54.1 Å². The largest absolute Gasteiger partial charge is 0.490 e. The Morgan fingerprint density at radius 1 is 1.03 bits per heavy atom. The summed E-state index contributed by atoms with van der Waals surface area (Å²) in [4.78, 5) is 87.9. The SMILES string of the molecule is CC[N+]1=c2cc3c(cc2CCC1)=C(c1ccccc1C(=O)N(C)CCCC(=O)NCC#Cc1cn([C@H]2C[C@H](O)[C@@H](COP(=O)(O)OP(=O)(O)OP(=O)(O)O)O2)c2nc(N)[nH]c(=O)c12)c1ccc(N(C)C)cc1C3(C)C. The van der Waals surface area contributed by atoms with Gasteiger partial charge >= 0.3 is 23.5 Å². The molecule has 0 saturated carbocycles. The Hall–Kier alpha value is -5.82. The zero-order valence-electron chi connectivity index (χ0n) is 42.1. The fourth-order valence-electron chi connectivity index (χ4n) is 9.92. The van der Waals surface area contributed by atoms with E-state index in [0.717, 1.165) is 53.5 Å². The average Bonchev–Trinajstić information content (AvgIpc) is 3.89. The average molecular weight is 1090 g/mol. The number of aliphatic hydroxyl groups excluding tert-OH is 1. The molecule has 1 saturated heterocycles. The number of nitrogens with one attached hydrogen (secondary N) is 2. The highest BCUT2D eigenvalue weighted by Crippen LogP contribution is 2.66. The van der Waals surface area contributed by atoms with Crippen LogP contribution in [0.15, 0.2) is 65.6 Å². The molecule has 1 fully saturated rings. The van der Waals surface area contributed by atoms with Crippen molar-refractivity contribution in [3.63, 3.8) is 0 Å². The second-order valence-electron chi connectivity index (χ2n) is 19.2. The van der Waals surface area contributed by atoms with E-state index in [2.05, 4.69) is 101 Å². The monoisotopic (exact) mass is 1090 g/mol. The number of aliphatic hydroxyl groups is 1. The summed E-state index contributed by atoms with van der Waals surface area (Å²) in [5.74, 6) is 4.89. The number of aryl methyl sites for hydroxylation is 1. The van der Waals surface area contributed by atoms with Crippen LogP contribution in [0.25, 0.3) is 16.6 Å². The third-order valence-electron chi connectivity index (χ3n) is 13.5. The van der Waals surface area contributed by atoms with E-state index in [9.17, 15) is 43.0 Å². The normalized spacial score (nSPS) is 19.5. The van der Waals surface area contributed by atoms with Gasteiger partial charge in [-0.2, -0.15) is 13.6 Å². The Morgan fingerprint density at radius 2 is 1.77 bits per heavy atom. The molecule has 0 bridgehead atoms. The number of phosphoric acid groups is 3. The van der Waals surface area contributed by atoms with E-state index >= 15 is 0 Å². The molecular formula is C49H60N8O15P3+. The number of nitrogens with two attached hydrogens (primary N) is 1. The maximum absolute atomic E-state index is 14.5. The predicted molar refractivity (Wildman–Crippen MR) is 277 cm³/mol. The summed E-state index contributed by atoms with van der Waals surface area (Å²) < 4.78 is 56.6. The van der Waals surface area contributed by atoms with Crippen molar-refractivity contribution >= 4 is 63.5 Å². The number of nitrogen functional groups attached to an aromatic ring is 1. The summed E-state index contributed by atoms with van der Waals surface area (Å²) in [6.45, 7) is 7.91. The van der Waals surface area contributed by atoms with Crippen LogP contribution in [0.1, 0.15) is 96.4 Å². The number of hydrogen-bond donors (Lipinski definition) is 8. The van der Waals surface area contributed by atoms with Crippen molar-refractivity contribution in [1.29, 1.82) is 0 Å². The second-order valence-corrected chi connectivity index (χ2v) is 23.6. The molecule has 0 radical (unpaired) electrons. The number of hydrogen-bond acceptors (Lipinski definition) is 14. The lowest BCUT2D eigenvalue weighted by Gasteiger charge is -2.36. The highest BCUT2D eigenvalue weighted by molar-refractivity contribution is 7.66. The number of phosphoric ester groups is 1. The van der Waals surface area contributed by atoms with Crippen LogP contribution in [0.5, 0.6) is 0 Å². The Morgan fingerprint density at radius 3 is 2.49 bits per heavy atom. The number of carbonyl (C=O) groups excluding carboxylic acids is 2. The van der Waals surface area contributed by atoms with E-state index in [1.807, 2.05) is 38.4 Å². The zero-order chi connectivity index (χ0) is 54.4. The van der Waals surface area contributed by atoms with Crippen molar-refractivity contribution in [2.75, 3.05) is 64.6 Å². The fraction of sp³-hybridized carbons (Fsp3) is 0.408. The van der Waals surface area contributed by atoms with Gasteiger partial charge in [-0.15, -0.1) is 0 Å². The number of amides is 2. The third kappa shape index (κ3) is 12.1. The lowest BCUT2D eigenvalue weighted by atomic mass is 9.68. The van der Waals surface area contributed by atoms with Crippen molar-refractivity contribution in [1.82, 2.24) is 29.3 Å². The summed E-state index contributed by atoms with van der Waals surface area (Å²) in [7, 11) is -11.1. The van der Waals surface area contributed by atoms with Gasteiger partial charge in [0.15, 0.2) is 5.65 Å². The summed E-state index contributed by atoms with van der Waals surface area (Å²) in [5.41, 5.74) is 13.2. The van der Waals surface area contributed by atoms with Crippen LogP contribution in [0, 0.1) is 11.8 Å². The molecule has 26 heteroatoms. The molecule has 4 heterocycles. The first kappa shape index (κ1) is 55.4. The van der Waals surface area contributed by atoms with Gasteiger partial charge in [0.1, 0.15) is 25.4 Å². The van der Waals surface area contributed by atoms with Gasteiger partial charge in [0, 0.05) is 81.4 Å². The number of anilines is 2. The van der Waals surface area contributed by atoms with Crippen LogP contribution >= 0.6 is 23.5 Å². The summed E-state index contributed by atoms with van der Waals surface area (Å²) in [6.07, 6.45) is -0.204. The van der Waals surface area contributed by atoms with Crippen molar-refractivity contribution in [2.45, 2.75) is 76.7 Å². The molecule has 9 N–H and O–H groups in total. The quantitative estimate of drug-likeness (QED) is 0.0377. The van der Waals surface area contributed by atoms with Gasteiger partial charge in [-0.1, -0.05) is 50.0 Å². The minimum atomic E-state index is -5.79. The van der Waals surface area contributed by atoms with E-state index in [1.54, 1.807) is 11.9 Å². The van der Waals surface area contributed by atoms with Gasteiger partial charge in [-0.25, -0.2) is 18.3 Å². The molecule has 5 aromatic rings. The number of benzene rings is 3. The van der Waals surface area contributed by atoms with E-state index in [0.29, 0.717) is 12.0 Å². The third-order valence-corrected chi connectivity index (χ3v) is 17.3. The molecule has 8 rings (SSSR count). The molecule has 75 heavy (non-hydrogen) atoms. The Kier molecular flexibility index (Phi) is 16.0. The Bertz CT molecular complexity index is 3510. The van der Waals surface area contributed by atoms with Crippen molar-refractivity contribution in [3.05, 3.63) is 121 Å². The predicted octanol–water partition coefficient (Wildman–Crippen LogP) is 2.73. The number of fused-ring (bicyclic) bond motifs is 4. The Balaban J connectivity index is 0.936. The minimum absolute atomic E-state index is 0.00637. The van der Waals surface area contributed by atoms with Crippen molar-refractivity contribution < 1.29 is 65.8 Å². The Labute approximate surface area is 431 Å². The van der Waals surface area contributed by atoms with E-state index in [1.165, 1.54) is 32.8 Å². The summed E-state index contributed by atoms with van der Waals surface area (Å²) >= 11 is 0. The molecule has 400 valence electrons. The van der Waals surface area contributed by atoms with Crippen LogP contribution in [0.2, 0.25) is 0 Å². The molecule has 0 spiro atoms. The first-order valence-corrected chi connectivity index (χ1v) is 28.5. The number of carbonyl (C=O) groups is 2. The molecule has 1 aliphatic carbocycles. The highest BCUT2D eigenvalue weighted by Gasteiger charge is 2.43. The molecule has 2 amide bonds. The van der Waals surface area contributed by atoms with Crippen LogP contribution in [0.4, 0.5) is 11.6 Å². The van der Waals surface area contributed by atoms with Crippen LogP contribution in [0.3, 0.4) is 0 Å². The van der Waals surface area contributed by atoms with Gasteiger partial charge in [-0.05, 0) is 77.1 Å². The standard InChI is InChI=1S/C49H59N8O15P3/c1-7-56-22-11-14-29-23-35-37(25-38(29)56)49(2,3)36-24-31(54(4)5)18-19-34(36)44(35)32-15-8-9-16-33(32)47(61)55(6)21-12-17-41(59)51-20-10-13-30-27-57(45-43(30)46(60)53-48(50)52-45)42-26-39(58)40(70-42)28-69-74(65,66)72-75(67,68)71-73(62,63)64/h8-9,15-16,18-19,23-25,27,39-40,42,58H,7,11-12,14,17,20-22,26,28H2,1-6H3,(H7-,50,51,52,53,59,60,62,63,64,65,66,67,68)/p+1/t39-,40+,42+/m0/s1. The summed E-state index contributed by atoms with van der Waals surface area (Å²) in [6, 6.07) is 19.0. The molecule has 5 atom stereocenters. The van der Waals surface area contributed by atoms with Crippen LogP contribution in [-0.4, -0.2) is 122 Å². The molecule has 23 nitrogen and oxygen atoms in total. The number of nitrogens with zero attached hydrogens (tertiary/aromatic N) is 5. The maximum atomic E-state index is 14.5. The van der Waals surface area contributed by atoms with E-state index in [4.69, 9.17) is 20.3 Å². The number of aromatic amines is 1. The fourth-order valence-corrected chi connectivity index (χ4v) is 13.0. The maximum Gasteiger partial charge on any atom is 0.490 e. The van der Waals surface area contributed by atoms with Crippen molar-refractivity contribution in [2.24, 2.45) is 0 Å². The number of ether oxygens (including phenoxy) is 1. The van der Waals surface area contributed by atoms with Gasteiger partial charge in [0.25, 0.3) is 11.5 Å². The van der Waals surface area contributed by atoms with E-state index in [-0.39, 0.29) is 65.7 Å². The van der Waals surface area contributed by atoms with Gasteiger partial charge in [0.05, 0.1) is 30.2 Å². The molecule has 3 aliphatic rings. The minimum Gasteiger partial charge on any atom is -0.390 e. The zero-order valence-corrected chi connectivity index (χ0v) is 44.7. The first-order valence-electron chi connectivity index (χ1n) is 24.0. The number of aromatic nitrogens is 3. The summed E-state index contributed by atoms with van der Waals surface area (Å²) in [5, 5.41) is 15.8. The van der Waals surface area contributed by atoms with Crippen molar-refractivity contribution in [3.8, 4) is 11.8 Å². The smallest absolute Gasteiger partial charge is 0.390 e. The van der Waals surface area contributed by atoms with Crippen LogP contribution in [-0.2, 0) is 48.2 Å². The molecule has 2 unspecified atom stereocenters. The molecule has 2 aromatic heterocycles. The van der Waals surface area contributed by atoms with Gasteiger partial charge < -0.3 is 54.8 Å². The lowest BCUT2D eigenvalue weighted by molar-refractivity contribution is -0.121. The first-order chi connectivity index (χ1) is 35.3. The lowest BCUT2D eigenvalue weighted by Crippen LogP contribution is -2.43. The topological polar surface area (TPSA) is 322 Å². The molecule has 3 aromatic carbocycles.